The van der Waals surface area contributed by atoms with E-state index in [1.54, 1.807) is 6.20 Å². The monoisotopic (exact) mass is 640 g/mol. The lowest BCUT2D eigenvalue weighted by Gasteiger charge is -2.18. The summed E-state index contributed by atoms with van der Waals surface area (Å²) in [5, 5.41) is 5.00. The van der Waals surface area contributed by atoms with Gasteiger partial charge in [-0.05, 0) is 86.6 Å². The molecule has 1 aliphatic rings. The van der Waals surface area contributed by atoms with Crippen LogP contribution in [0.5, 0.6) is 0 Å². The fourth-order valence-electron chi connectivity index (χ4n) is 7.18. The Labute approximate surface area is 290 Å². The third-order valence-corrected chi connectivity index (χ3v) is 9.47. The molecule has 236 valence electrons. The Morgan fingerprint density at radius 1 is 0.380 bits per heavy atom. The summed E-state index contributed by atoms with van der Waals surface area (Å²) in [5.74, 6) is 0.690. The van der Waals surface area contributed by atoms with Crippen LogP contribution in [0.15, 0.2) is 158 Å². The van der Waals surface area contributed by atoms with Gasteiger partial charge in [-0.2, -0.15) is 0 Å². The van der Waals surface area contributed by atoms with Gasteiger partial charge in [-0.1, -0.05) is 115 Å². The van der Waals surface area contributed by atoms with E-state index >= 15 is 0 Å². The van der Waals surface area contributed by atoms with Gasteiger partial charge >= 0.3 is 0 Å². The van der Waals surface area contributed by atoms with Crippen molar-refractivity contribution >= 4 is 22.9 Å². The molecule has 0 radical (unpaired) electrons. The molecule has 1 aliphatic carbocycles. The number of pyridine rings is 2. The fourth-order valence-corrected chi connectivity index (χ4v) is 7.18. The van der Waals surface area contributed by atoms with Crippen LogP contribution in [0.2, 0.25) is 0 Å². The lowest BCUT2D eigenvalue weighted by Crippen LogP contribution is -2.31. The van der Waals surface area contributed by atoms with Gasteiger partial charge in [0.15, 0.2) is 5.82 Å². The minimum atomic E-state index is 0.690. The summed E-state index contributed by atoms with van der Waals surface area (Å²) in [4.78, 5) is 19.2. The summed E-state index contributed by atoms with van der Waals surface area (Å²) in [6.07, 6.45) is 14.3. The summed E-state index contributed by atoms with van der Waals surface area (Å²) in [5.41, 5.74) is 11.7. The first-order valence-corrected chi connectivity index (χ1v) is 17.0. The van der Waals surface area contributed by atoms with E-state index in [9.17, 15) is 0 Å². The number of fused-ring (bicyclic) bond motifs is 2. The molecule has 8 aromatic rings. The molecule has 3 aromatic heterocycles. The van der Waals surface area contributed by atoms with Crippen molar-refractivity contribution in [2.75, 3.05) is 0 Å². The molecule has 50 heavy (non-hydrogen) atoms. The van der Waals surface area contributed by atoms with E-state index in [2.05, 4.69) is 137 Å². The first-order chi connectivity index (χ1) is 24.8. The summed E-state index contributed by atoms with van der Waals surface area (Å²) >= 11 is 0. The van der Waals surface area contributed by atoms with Crippen molar-refractivity contribution in [2.45, 2.75) is 12.8 Å². The number of nitrogens with zero attached hydrogens (tertiary/aromatic N) is 4. The zero-order valence-corrected chi connectivity index (χ0v) is 27.4. The topological polar surface area (TPSA) is 51.6 Å². The lowest BCUT2D eigenvalue weighted by atomic mass is 9.86. The molecule has 0 unspecified atom stereocenters. The Morgan fingerprint density at radius 3 is 1.58 bits per heavy atom. The molecule has 0 saturated heterocycles. The van der Waals surface area contributed by atoms with Crippen LogP contribution in [0.25, 0.3) is 90.2 Å². The lowest BCUT2D eigenvalue weighted by molar-refractivity contribution is 1.12. The van der Waals surface area contributed by atoms with E-state index in [4.69, 9.17) is 9.97 Å². The molecular formula is C46H32N4. The zero-order chi connectivity index (χ0) is 33.3. The van der Waals surface area contributed by atoms with Crippen molar-refractivity contribution in [3.8, 4) is 67.3 Å². The van der Waals surface area contributed by atoms with Gasteiger partial charge in [0.2, 0.25) is 0 Å². The summed E-state index contributed by atoms with van der Waals surface area (Å²) in [6, 6.07) is 46.7. The molecule has 0 amide bonds. The highest BCUT2D eigenvalue weighted by Gasteiger charge is 2.18. The number of aromatic nitrogens is 4. The van der Waals surface area contributed by atoms with Crippen molar-refractivity contribution < 1.29 is 0 Å². The molecule has 0 saturated carbocycles. The van der Waals surface area contributed by atoms with Gasteiger partial charge in [0.05, 0.1) is 11.4 Å². The molecule has 4 nitrogen and oxygen atoms in total. The van der Waals surface area contributed by atoms with E-state index in [0.29, 0.717) is 5.82 Å². The number of rotatable bonds is 6. The summed E-state index contributed by atoms with van der Waals surface area (Å²) < 4.78 is 0. The molecule has 0 aliphatic heterocycles. The first kappa shape index (κ1) is 29.6. The quantitative estimate of drug-likeness (QED) is 0.182. The van der Waals surface area contributed by atoms with Gasteiger partial charge in [0, 0.05) is 52.6 Å². The minimum Gasteiger partial charge on any atom is -0.264 e. The predicted octanol–water partition coefficient (Wildman–Crippen LogP) is 9.78. The maximum Gasteiger partial charge on any atom is 0.160 e. The van der Waals surface area contributed by atoms with Gasteiger partial charge in [-0.15, -0.1) is 0 Å². The molecule has 0 bridgehead atoms. The first-order valence-electron chi connectivity index (χ1n) is 17.0. The average molecular weight is 641 g/mol. The van der Waals surface area contributed by atoms with Crippen LogP contribution in [-0.4, -0.2) is 19.9 Å². The Bertz CT molecular complexity index is 2630. The largest absolute Gasteiger partial charge is 0.264 e. The van der Waals surface area contributed by atoms with E-state index < -0.39 is 0 Å². The Balaban J connectivity index is 1.24. The van der Waals surface area contributed by atoms with E-state index in [-0.39, 0.29) is 0 Å². The van der Waals surface area contributed by atoms with Crippen molar-refractivity contribution in [2.24, 2.45) is 0 Å². The fraction of sp³-hybridized carbons (Fsp3) is 0.0435. The van der Waals surface area contributed by atoms with Crippen molar-refractivity contribution in [3.63, 3.8) is 0 Å². The smallest absolute Gasteiger partial charge is 0.160 e. The second kappa shape index (κ2) is 12.8. The van der Waals surface area contributed by atoms with Crippen molar-refractivity contribution in [1.82, 2.24) is 19.9 Å². The average Bonchev–Trinajstić information content (AvgIpc) is 3.21. The number of benzene rings is 5. The standard InChI is InChI=1S/C46H32N4/c1-2-12-31(13-3-1)42-28-43(33-15-8-14-32(26-33)36-18-10-24-47-29-36)50-46(49-42)35-17-9-16-34(27-35)44-38-20-4-6-22-40(38)45(37-19-11-25-48-30-37)41-23-7-5-21-39(41)44/h1-4,6,8-30H,5,7H2. The molecule has 0 N–H and O–H groups in total. The van der Waals surface area contributed by atoms with Crippen molar-refractivity contribution in [3.05, 3.63) is 169 Å². The van der Waals surface area contributed by atoms with Crippen LogP contribution >= 0.6 is 0 Å². The summed E-state index contributed by atoms with van der Waals surface area (Å²) in [6.45, 7) is 0. The third-order valence-electron chi connectivity index (χ3n) is 9.47. The highest BCUT2D eigenvalue weighted by molar-refractivity contribution is 6.06. The zero-order valence-electron chi connectivity index (χ0n) is 27.4. The summed E-state index contributed by atoms with van der Waals surface area (Å²) in [7, 11) is 0. The second-order valence-corrected chi connectivity index (χ2v) is 12.6. The second-order valence-electron chi connectivity index (χ2n) is 12.6. The molecule has 0 spiro atoms. The Kier molecular flexibility index (Phi) is 7.60. The predicted molar refractivity (Wildman–Crippen MR) is 205 cm³/mol. The molecular weight excluding hydrogens is 609 g/mol. The maximum atomic E-state index is 5.22. The molecule has 0 atom stereocenters. The molecule has 9 rings (SSSR count). The van der Waals surface area contributed by atoms with Gasteiger partial charge in [0.1, 0.15) is 0 Å². The Hall–Kier alpha value is -6.52. The van der Waals surface area contributed by atoms with Gasteiger partial charge in [-0.25, -0.2) is 9.97 Å². The van der Waals surface area contributed by atoms with Crippen LogP contribution in [0.3, 0.4) is 0 Å². The van der Waals surface area contributed by atoms with E-state index in [1.165, 1.54) is 32.3 Å². The molecule has 3 heterocycles. The molecule has 4 heteroatoms. The number of hydrogen-bond donors (Lipinski definition) is 0. The van der Waals surface area contributed by atoms with Crippen LogP contribution < -0.4 is 10.4 Å². The van der Waals surface area contributed by atoms with E-state index in [0.717, 1.165) is 63.2 Å². The molecule has 0 fully saturated rings. The van der Waals surface area contributed by atoms with Gasteiger partial charge in [-0.3, -0.25) is 9.97 Å². The number of hydrogen-bond acceptors (Lipinski definition) is 4. The SMILES string of the molecule is C1=c2c(-c3cccnc3)c3ccccc3c(-c3cccc(-c4nc(-c5ccccc5)cc(-c5cccc(-c6cccnc6)c5)n4)c3)c2=CCC1. The van der Waals surface area contributed by atoms with Gasteiger partial charge in [0.25, 0.3) is 0 Å². The highest BCUT2D eigenvalue weighted by Crippen LogP contribution is 2.35. The van der Waals surface area contributed by atoms with Crippen molar-refractivity contribution in [1.29, 1.82) is 0 Å². The van der Waals surface area contributed by atoms with E-state index in [1.807, 2.05) is 36.8 Å². The normalized spacial score (nSPS) is 12.2. The van der Waals surface area contributed by atoms with Crippen LogP contribution in [-0.2, 0) is 0 Å². The third kappa shape index (κ3) is 5.47. The van der Waals surface area contributed by atoms with Crippen LogP contribution in [0, 0.1) is 0 Å². The molecule has 5 aromatic carbocycles. The van der Waals surface area contributed by atoms with Crippen LogP contribution in [0.1, 0.15) is 12.8 Å². The van der Waals surface area contributed by atoms with Crippen LogP contribution in [0.4, 0.5) is 0 Å². The van der Waals surface area contributed by atoms with Gasteiger partial charge < -0.3 is 0 Å². The Morgan fingerprint density at radius 2 is 0.900 bits per heavy atom. The minimum absolute atomic E-state index is 0.690. The maximum absolute atomic E-state index is 5.22. The highest BCUT2D eigenvalue weighted by atomic mass is 14.9.